The average molecular weight is 350 g/mol. The Kier molecular flexibility index (Phi) is 5.88. The van der Waals surface area contributed by atoms with Crippen LogP contribution in [0.15, 0.2) is 67.3 Å². The number of unbranched alkanes of at least 4 members (excludes halogenated alkanes) is 1. The largest absolute Gasteiger partial charge is 0.494 e. The number of rotatable bonds is 7. The van der Waals surface area contributed by atoms with Gasteiger partial charge in [-0.2, -0.15) is 0 Å². The minimum atomic E-state index is -0.308. The molecule has 0 bridgehead atoms. The molecule has 2 aromatic carbocycles. The summed E-state index contributed by atoms with van der Waals surface area (Å²) in [6, 6.07) is 14.6. The molecule has 0 radical (unpaired) electrons. The van der Waals surface area contributed by atoms with E-state index in [4.69, 9.17) is 4.74 Å². The molecule has 3 aromatic rings. The van der Waals surface area contributed by atoms with Gasteiger partial charge in [-0.3, -0.25) is 0 Å². The fourth-order valence-corrected chi connectivity index (χ4v) is 2.46. The first-order valence-electron chi connectivity index (χ1n) is 8.64. The minimum absolute atomic E-state index is 0.308. The molecule has 6 nitrogen and oxygen atoms in total. The van der Waals surface area contributed by atoms with Crippen molar-refractivity contribution < 1.29 is 9.53 Å². The van der Waals surface area contributed by atoms with Gasteiger partial charge in [-0.05, 0) is 42.8 Å². The van der Waals surface area contributed by atoms with E-state index >= 15 is 0 Å². The van der Waals surface area contributed by atoms with Gasteiger partial charge in [0.1, 0.15) is 5.75 Å². The van der Waals surface area contributed by atoms with Gasteiger partial charge in [-0.1, -0.05) is 25.5 Å². The maximum absolute atomic E-state index is 12.3. The molecule has 3 rings (SSSR count). The van der Waals surface area contributed by atoms with Crippen molar-refractivity contribution in [2.24, 2.45) is 0 Å². The van der Waals surface area contributed by atoms with Crippen LogP contribution >= 0.6 is 0 Å². The van der Waals surface area contributed by atoms with Crippen LogP contribution in [-0.2, 0) is 0 Å². The zero-order valence-corrected chi connectivity index (χ0v) is 14.7. The fraction of sp³-hybridized carbons (Fsp3) is 0.200. The topological polar surface area (TPSA) is 68.2 Å². The third kappa shape index (κ3) is 4.63. The Bertz CT molecular complexity index is 829. The van der Waals surface area contributed by atoms with E-state index in [1.54, 1.807) is 12.5 Å². The Hall–Kier alpha value is -3.28. The number of amides is 2. The van der Waals surface area contributed by atoms with E-state index in [9.17, 15) is 4.79 Å². The maximum Gasteiger partial charge on any atom is 0.323 e. The van der Waals surface area contributed by atoms with E-state index in [0.717, 1.165) is 24.3 Å². The summed E-state index contributed by atoms with van der Waals surface area (Å²) in [5, 5.41) is 5.70. The number of anilines is 2. The Labute approximate surface area is 152 Å². The van der Waals surface area contributed by atoms with E-state index in [-0.39, 0.29) is 6.03 Å². The molecule has 0 fully saturated rings. The number of nitrogens with one attached hydrogen (secondary N) is 2. The zero-order valence-electron chi connectivity index (χ0n) is 14.7. The van der Waals surface area contributed by atoms with Crippen LogP contribution in [-0.4, -0.2) is 22.2 Å². The van der Waals surface area contributed by atoms with Crippen molar-refractivity contribution >= 4 is 17.4 Å². The van der Waals surface area contributed by atoms with Gasteiger partial charge >= 0.3 is 6.03 Å². The van der Waals surface area contributed by atoms with Crippen LogP contribution in [0.2, 0.25) is 0 Å². The predicted molar refractivity (Wildman–Crippen MR) is 103 cm³/mol. The number of benzene rings is 2. The lowest BCUT2D eigenvalue weighted by molar-refractivity contribution is 0.262. The number of imidazole rings is 1. The average Bonchev–Trinajstić information content (AvgIpc) is 3.18. The third-order valence-electron chi connectivity index (χ3n) is 3.81. The molecule has 2 amide bonds. The quantitative estimate of drug-likeness (QED) is 0.607. The summed E-state index contributed by atoms with van der Waals surface area (Å²) < 4.78 is 7.47. The molecule has 0 aliphatic rings. The number of hydrogen-bond donors (Lipinski definition) is 2. The molecule has 1 heterocycles. The summed E-state index contributed by atoms with van der Waals surface area (Å²) in [4.78, 5) is 16.4. The summed E-state index contributed by atoms with van der Waals surface area (Å²) >= 11 is 0. The van der Waals surface area contributed by atoms with Gasteiger partial charge in [-0.25, -0.2) is 9.78 Å². The molecule has 0 atom stereocenters. The second kappa shape index (κ2) is 8.71. The first-order chi connectivity index (χ1) is 12.8. The number of carbonyl (C=O) groups excluding carboxylic acids is 1. The number of nitrogens with zero attached hydrogens (tertiary/aromatic N) is 2. The lowest BCUT2D eigenvalue weighted by Crippen LogP contribution is -2.20. The minimum Gasteiger partial charge on any atom is -0.494 e. The highest BCUT2D eigenvalue weighted by atomic mass is 16.5. The maximum atomic E-state index is 12.3. The van der Waals surface area contributed by atoms with Crippen molar-refractivity contribution in [2.45, 2.75) is 19.8 Å². The number of para-hydroxylation sites is 2. The molecule has 0 unspecified atom stereocenters. The highest BCUT2D eigenvalue weighted by Gasteiger charge is 2.08. The second-order valence-electron chi connectivity index (χ2n) is 5.79. The molecule has 0 aliphatic heterocycles. The van der Waals surface area contributed by atoms with Gasteiger partial charge in [-0.15, -0.1) is 0 Å². The molecular weight excluding hydrogens is 328 g/mol. The Morgan fingerprint density at radius 1 is 1.12 bits per heavy atom. The van der Waals surface area contributed by atoms with Gasteiger partial charge in [0.15, 0.2) is 0 Å². The van der Waals surface area contributed by atoms with Crippen LogP contribution in [0.1, 0.15) is 19.8 Å². The molecule has 26 heavy (non-hydrogen) atoms. The summed E-state index contributed by atoms with van der Waals surface area (Å²) in [6.07, 6.45) is 7.34. The van der Waals surface area contributed by atoms with Gasteiger partial charge in [0.2, 0.25) is 0 Å². The van der Waals surface area contributed by atoms with Crippen molar-refractivity contribution in [3.63, 3.8) is 0 Å². The van der Waals surface area contributed by atoms with Crippen LogP contribution < -0.4 is 15.4 Å². The number of hydrogen-bond acceptors (Lipinski definition) is 3. The fourth-order valence-electron chi connectivity index (χ4n) is 2.46. The molecule has 1 aromatic heterocycles. The van der Waals surface area contributed by atoms with Gasteiger partial charge in [0.05, 0.1) is 24.3 Å². The molecule has 2 N–H and O–H groups in total. The number of ether oxygens (including phenoxy) is 1. The molecule has 134 valence electrons. The summed E-state index contributed by atoms with van der Waals surface area (Å²) in [7, 11) is 0. The van der Waals surface area contributed by atoms with Gasteiger partial charge in [0.25, 0.3) is 0 Å². The standard InChI is InChI=1S/C20H22N4O2/c1-2-3-14-26-17-10-8-16(9-11-17)22-20(25)23-18-6-4-5-7-19(18)24-13-12-21-15-24/h4-13,15H,2-3,14H2,1H3,(H2,22,23,25). The van der Waals surface area contributed by atoms with Gasteiger partial charge < -0.3 is 19.9 Å². The molecule has 6 heteroatoms. The third-order valence-corrected chi connectivity index (χ3v) is 3.81. The first-order valence-corrected chi connectivity index (χ1v) is 8.64. The van der Waals surface area contributed by atoms with Crippen molar-refractivity contribution in [3.05, 3.63) is 67.3 Å². The Morgan fingerprint density at radius 2 is 1.92 bits per heavy atom. The van der Waals surface area contributed by atoms with E-state index in [2.05, 4.69) is 22.5 Å². The van der Waals surface area contributed by atoms with E-state index in [1.165, 1.54) is 0 Å². The van der Waals surface area contributed by atoms with Crippen molar-refractivity contribution in [3.8, 4) is 11.4 Å². The van der Waals surface area contributed by atoms with Crippen LogP contribution in [0, 0.1) is 0 Å². The van der Waals surface area contributed by atoms with Gasteiger partial charge in [0, 0.05) is 18.1 Å². The van der Waals surface area contributed by atoms with Crippen molar-refractivity contribution in [2.75, 3.05) is 17.2 Å². The zero-order chi connectivity index (χ0) is 18.2. The predicted octanol–water partition coefficient (Wildman–Crippen LogP) is 4.70. The van der Waals surface area contributed by atoms with E-state index < -0.39 is 0 Å². The smallest absolute Gasteiger partial charge is 0.323 e. The number of aromatic nitrogens is 2. The lowest BCUT2D eigenvalue weighted by atomic mass is 10.2. The molecule has 0 saturated heterocycles. The SMILES string of the molecule is CCCCOc1ccc(NC(=O)Nc2ccccc2-n2ccnc2)cc1. The highest BCUT2D eigenvalue weighted by molar-refractivity contribution is 6.01. The summed E-state index contributed by atoms with van der Waals surface area (Å²) in [5.74, 6) is 0.801. The number of carbonyl (C=O) groups is 1. The normalized spacial score (nSPS) is 10.3. The Balaban J connectivity index is 1.61. The molecular formula is C20H22N4O2. The second-order valence-corrected chi connectivity index (χ2v) is 5.79. The monoisotopic (exact) mass is 350 g/mol. The van der Waals surface area contributed by atoms with Crippen LogP contribution in [0.5, 0.6) is 5.75 Å². The highest BCUT2D eigenvalue weighted by Crippen LogP contribution is 2.20. The van der Waals surface area contributed by atoms with Crippen molar-refractivity contribution in [1.82, 2.24) is 9.55 Å². The van der Waals surface area contributed by atoms with E-state index in [0.29, 0.717) is 18.0 Å². The summed E-state index contributed by atoms with van der Waals surface area (Å²) in [6.45, 7) is 2.83. The lowest BCUT2D eigenvalue weighted by Gasteiger charge is -2.12. The summed E-state index contributed by atoms with van der Waals surface area (Å²) in [5.41, 5.74) is 2.24. The molecule has 0 aliphatic carbocycles. The molecule has 0 spiro atoms. The van der Waals surface area contributed by atoms with E-state index in [1.807, 2.05) is 59.3 Å². The van der Waals surface area contributed by atoms with Crippen LogP contribution in [0.4, 0.5) is 16.2 Å². The molecule has 0 saturated carbocycles. The van der Waals surface area contributed by atoms with Crippen molar-refractivity contribution in [1.29, 1.82) is 0 Å². The Morgan fingerprint density at radius 3 is 2.65 bits per heavy atom. The van der Waals surface area contributed by atoms with Crippen LogP contribution in [0.25, 0.3) is 5.69 Å². The first kappa shape index (κ1) is 17.5. The number of urea groups is 1. The van der Waals surface area contributed by atoms with Crippen LogP contribution in [0.3, 0.4) is 0 Å².